The van der Waals surface area contributed by atoms with Gasteiger partial charge in [-0.1, -0.05) is 12.1 Å². The van der Waals surface area contributed by atoms with Crippen molar-refractivity contribution in [2.75, 3.05) is 46.6 Å². The molecule has 1 unspecified atom stereocenters. The lowest BCUT2D eigenvalue weighted by Gasteiger charge is -2.21. The highest BCUT2D eigenvalue weighted by molar-refractivity contribution is 5.80. The van der Waals surface area contributed by atoms with Crippen molar-refractivity contribution in [3.63, 3.8) is 0 Å². The molecule has 1 aliphatic heterocycles. The quantitative estimate of drug-likeness (QED) is 0.449. The summed E-state index contributed by atoms with van der Waals surface area (Å²) in [5.41, 5.74) is 0.879. The van der Waals surface area contributed by atoms with Crippen LogP contribution in [0.5, 0.6) is 0 Å². The van der Waals surface area contributed by atoms with Crippen molar-refractivity contribution >= 4 is 5.96 Å². The second kappa shape index (κ2) is 10.3. The van der Waals surface area contributed by atoms with E-state index in [1.165, 1.54) is 12.1 Å². The number of likely N-dealkylation sites (tertiary alicyclic amines) is 1. The SMILES string of the molecule is CCNC(=NCc1cccc(F)c1)N1CCC(COCCOC)C1. The van der Waals surface area contributed by atoms with E-state index in [0.29, 0.717) is 25.7 Å². The minimum atomic E-state index is -0.220. The van der Waals surface area contributed by atoms with Gasteiger partial charge in [-0.15, -0.1) is 0 Å². The van der Waals surface area contributed by atoms with Crippen LogP contribution in [0.15, 0.2) is 29.3 Å². The molecule has 1 saturated heterocycles. The van der Waals surface area contributed by atoms with Crippen molar-refractivity contribution in [2.45, 2.75) is 19.9 Å². The molecule has 1 aromatic rings. The summed E-state index contributed by atoms with van der Waals surface area (Å²) in [6.07, 6.45) is 1.09. The fourth-order valence-electron chi connectivity index (χ4n) is 2.78. The molecule has 1 aliphatic rings. The van der Waals surface area contributed by atoms with Gasteiger partial charge in [-0.05, 0) is 31.0 Å². The second-order valence-corrected chi connectivity index (χ2v) is 5.97. The maximum atomic E-state index is 13.3. The monoisotopic (exact) mass is 337 g/mol. The number of hydrogen-bond donors (Lipinski definition) is 1. The molecule has 134 valence electrons. The molecule has 0 radical (unpaired) electrons. The van der Waals surface area contributed by atoms with Crippen LogP contribution in [0.4, 0.5) is 4.39 Å². The van der Waals surface area contributed by atoms with Crippen LogP contribution < -0.4 is 5.32 Å². The molecule has 1 heterocycles. The van der Waals surface area contributed by atoms with Gasteiger partial charge in [-0.3, -0.25) is 0 Å². The van der Waals surface area contributed by atoms with Gasteiger partial charge in [0.05, 0.1) is 26.4 Å². The van der Waals surface area contributed by atoms with Crippen molar-refractivity contribution in [1.29, 1.82) is 0 Å². The number of ether oxygens (including phenoxy) is 2. The largest absolute Gasteiger partial charge is 0.382 e. The molecule has 0 aromatic heterocycles. The maximum Gasteiger partial charge on any atom is 0.194 e. The van der Waals surface area contributed by atoms with Gasteiger partial charge in [-0.25, -0.2) is 9.38 Å². The Morgan fingerprint density at radius 3 is 3.04 bits per heavy atom. The van der Waals surface area contributed by atoms with Crippen molar-refractivity contribution in [1.82, 2.24) is 10.2 Å². The van der Waals surface area contributed by atoms with Gasteiger partial charge in [-0.2, -0.15) is 0 Å². The summed E-state index contributed by atoms with van der Waals surface area (Å²) >= 11 is 0. The summed E-state index contributed by atoms with van der Waals surface area (Å²) in [7, 11) is 1.68. The Labute approximate surface area is 143 Å². The lowest BCUT2D eigenvalue weighted by molar-refractivity contribution is 0.0536. The van der Waals surface area contributed by atoms with E-state index in [1.54, 1.807) is 13.2 Å². The summed E-state index contributed by atoms with van der Waals surface area (Å²) < 4.78 is 23.9. The third kappa shape index (κ3) is 6.09. The van der Waals surface area contributed by atoms with Gasteiger partial charge >= 0.3 is 0 Å². The van der Waals surface area contributed by atoms with Crippen molar-refractivity contribution < 1.29 is 13.9 Å². The van der Waals surface area contributed by atoms with Gasteiger partial charge in [0, 0.05) is 32.7 Å². The van der Waals surface area contributed by atoms with E-state index in [2.05, 4.69) is 22.1 Å². The summed E-state index contributed by atoms with van der Waals surface area (Å²) in [5.74, 6) is 1.18. The smallest absolute Gasteiger partial charge is 0.194 e. The van der Waals surface area contributed by atoms with Crippen LogP contribution in [0.1, 0.15) is 18.9 Å². The van der Waals surface area contributed by atoms with Crippen LogP contribution in [-0.2, 0) is 16.0 Å². The van der Waals surface area contributed by atoms with Gasteiger partial charge < -0.3 is 19.7 Å². The highest BCUT2D eigenvalue weighted by atomic mass is 19.1. The first kappa shape index (κ1) is 18.7. The molecule has 0 bridgehead atoms. The zero-order valence-electron chi connectivity index (χ0n) is 14.6. The van der Waals surface area contributed by atoms with Crippen molar-refractivity contribution in [3.05, 3.63) is 35.6 Å². The maximum absolute atomic E-state index is 13.3. The number of methoxy groups -OCH3 is 1. The van der Waals surface area contributed by atoms with E-state index < -0.39 is 0 Å². The highest BCUT2D eigenvalue weighted by Crippen LogP contribution is 2.17. The molecule has 0 spiro atoms. The van der Waals surface area contributed by atoms with Crippen molar-refractivity contribution in [3.8, 4) is 0 Å². The first-order valence-electron chi connectivity index (χ1n) is 8.57. The lowest BCUT2D eigenvalue weighted by atomic mass is 10.1. The fourth-order valence-corrected chi connectivity index (χ4v) is 2.78. The third-order valence-corrected chi connectivity index (χ3v) is 4.01. The van der Waals surface area contributed by atoms with E-state index in [4.69, 9.17) is 9.47 Å². The number of guanidine groups is 1. The zero-order valence-corrected chi connectivity index (χ0v) is 14.6. The molecule has 0 saturated carbocycles. The normalized spacial score (nSPS) is 18.2. The summed E-state index contributed by atoms with van der Waals surface area (Å²) in [6, 6.07) is 6.60. The topological polar surface area (TPSA) is 46.1 Å². The average Bonchev–Trinajstić information content (AvgIpc) is 3.04. The predicted molar refractivity (Wildman–Crippen MR) is 93.6 cm³/mol. The number of nitrogens with zero attached hydrogens (tertiary/aromatic N) is 2. The molecule has 0 aliphatic carbocycles. The predicted octanol–water partition coefficient (Wildman–Crippen LogP) is 2.28. The molecule has 1 atom stereocenters. The van der Waals surface area contributed by atoms with Crippen LogP contribution >= 0.6 is 0 Å². The zero-order chi connectivity index (χ0) is 17.2. The number of aliphatic imine (C=N–C) groups is 1. The van der Waals surface area contributed by atoms with Gasteiger partial charge in [0.1, 0.15) is 5.82 Å². The van der Waals surface area contributed by atoms with E-state index in [9.17, 15) is 4.39 Å². The van der Waals surface area contributed by atoms with Crippen LogP contribution in [0, 0.1) is 11.7 Å². The molecule has 6 heteroatoms. The van der Waals surface area contributed by atoms with E-state index in [-0.39, 0.29) is 5.82 Å². The molecule has 2 rings (SSSR count). The Morgan fingerprint density at radius 1 is 1.42 bits per heavy atom. The molecular weight excluding hydrogens is 309 g/mol. The Kier molecular flexibility index (Phi) is 7.98. The molecule has 24 heavy (non-hydrogen) atoms. The molecule has 1 N–H and O–H groups in total. The minimum Gasteiger partial charge on any atom is -0.382 e. The average molecular weight is 337 g/mol. The molecule has 1 aromatic carbocycles. The van der Waals surface area contributed by atoms with E-state index in [1.807, 2.05) is 6.07 Å². The summed E-state index contributed by atoms with van der Waals surface area (Å²) in [4.78, 5) is 6.91. The Hall–Kier alpha value is -1.66. The Morgan fingerprint density at radius 2 is 2.29 bits per heavy atom. The first-order chi connectivity index (χ1) is 11.7. The number of rotatable bonds is 8. The summed E-state index contributed by atoms with van der Waals surface area (Å²) in [5, 5.41) is 3.33. The fraction of sp³-hybridized carbons (Fsp3) is 0.611. The molecule has 5 nitrogen and oxygen atoms in total. The standard InChI is InChI=1S/C18H28FN3O2/c1-3-20-18(21-12-15-5-4-6-17(19)11-15)22-8-7-16(13-22)14-24-10-9-23-2/h4-6,11,16H,3,7-10,12-14H2,1-2H3,(H,20,21). The van der Waals surface area contributed by atoms with Crippen molar-refractivity contribution in [2.24, 2.45) is 10.9 Å². The van der Waals surface area contributed by atoms with Gasteiger partial charge in [0.25, 0.3) is 0 Å². The first-order valence-corrected chi connectivity index (χ1v) is 8.57. The molecule has 1 fully saturated rings. The number of nitrogens with one attached hydrogen (secondary N) is 1. The molecule has 0 amide bonds. The number of hydrogen-bond acceptors (Lipinski definition) is 3. The summed E-state index contributed by atoms with van der Waals surface area (Å²) in [6.45, 7) is 7.27. The number of halogens is 1. The van der Waals surface area contributed by atoms with E-state index >= 15 is 0 Å². The lowest BCUT2D eigenvalue weighted by Crippen LogP contribution is -2.40. The third-order valence-electron chi connectivity index (χ3n) is 4.01. The van der Waals surface area contributed by atoms with Crippen LogP contribution in [0.3, 0.4) is 0 Å². The van der Waals surface area contributed by atoms with Gasteiger partial charge in [0.15, 0.2) is 5.96 Å². The minimum absolute atomic E-state index is 0.220. The van der Waals surface area contributed by atoms with E-state index in [0.717, 1.165) is 44.2 Å². The van der Waals surface area contributed by atoms with Gasteiger partial charge in [0.2, 0.25) is 0 Å². The Bertz CT molecular complexity index is 525. The van der Waals surface area contributed by atoms with Crippen LogP contribution in [0.2, 0.25) is 0 Å². The van der Waals surface area contributed by atoms with Crippen LogP contribution in [-0.4, -0.2) is 57.4 Å². The Balaban J connectivity index is 1.87. The second-order valence-electron chi connectivity index (χ2n) is 5.97. The number of benzene rings is 1. The highest BCUT2D eigenvalue weighted by Gasteiger charge is 2.24. The van der Waals surface area contributed by atoms with Crippen LogP contribution in [0.25, 0.3) is 0 Å². The molecular formula is C18H28FN3O2.